The van der Waals surface area contributed by atoms with Crippen molar-refractivity contribution < 1.29 is 4.79 Å². The Balaban J connectivity index is 1.28. The summed E-state index contributed by atoms with van der Waals surface area (Å²) in [6, 6.07) is 14.9. The highest BCUT2D eigenvalue weighted by atomic mass is 32.1. The summed E-state index contributed by atoms with van der Waals surface area (Å²) in [7, 11) is 0. The van der Waals surface area contributed by atoms with Gasteiger partial charge in [-0.2, -0.15) is 0 Å². The molecule has 0 radical (unpaired) electrons. The molecule has 1 aromatic heterocycles. The molecular weight excluding hydrogens is 336 g/mol. The Morgan fingerprint density at radius 3 is 2.27 bits per heavy atom. The molecule has 0 N–H and O–H groups in total. The molecule has 0 unspecified atom stereocenters. The predicted octanol–water partition coefficient (Wildman–Crippen LogP) is 6.14. The lowest BCUT2D eigenvalue weighted by atomic mass is 9.48. The van der Waals surface area contributed by atoms with E-state index in [4.69, 9.17) is 0 Å². The first-order chi connectivity index (χ1) is 12.7. The van der Waals surface area contributed by atoms with Gasteiger partial charge in [0.25, 0.3) is 0 Å². The van der Waals surface area contributed by atoms with Gasteiger partial charge in [-0.05, 0) is 86.1 Å². The van der Waals surface area contributed by atoms with Gasteiger partial charge in [-0.1, -0.05) is 30.3 Å². The summed E-state index contributed by atoms with van der Waals surface area (Å²) in [6.45, 7) is 0. The molecule has 4 aliphatic rings. The Bertz CT molecular complexity index is 794. The van der Waals surface area contributed by atoms with E-state index < -0.39 is 0 Å². The third-order valence-corrected chi connectivity index (χ3v) is 7.91. The van der Waals surface area contributed by atoms with Crippen molar-refractivity contribution in [1.82, 2.24) is 0 Å². The third kappa shape index (κ3) is 3.09. The number of allylic oxidation sites excluding steroid dienone is 1. The Labute approximate surface area is 160 Å². The summed E-state index contributed by atoms with van der Waals surface area (Å²) in [5, 5.41) is 0. The minimum atomic E-state index is -0.00459. The van der Waals surface area contributed by atoms with Crippen molar-refractivity contribution in [1.29, 1.82) is 0 Å². The summed E-state index contributed by atoms with van der Waals surface area (Å²) >= 11 is 1.81. The molecule has 0 amide bonds. The molecule has 4 aliphatic carbocycles. The molecular formula is C24H26OS. The second kappa shape index (κ2) is 6.49. The first-order valence-corrected chi connectivity index (χ1v) is 10.9. The second-order valence-electron chi connectivity index (χ2n) is 8.86. The van der Waals surface area contributed by atoms with Crippen molar-refractivity contribution in [2.24, 2.45) is 23.2 Å². The Morgan fingerprint density at radius 1 is 0.962 bits per heavy atom. The lowest BCUT2D eigenvalue weighted by Crippen LogP contribution is -2.49. The summed E-state index contributed by atoms with van der Waals surface area (Å²) < 4.78 is 0. The minimum absolute atomic E-state index is 0.00459. The molecule has 2 heteroatoms. The van der Waals surface area contributed by atoms with Crippen molar-refractivity contribution in [3.8, 4) is 0 Å². The van der Waals surface area contributed by atoms with Gasteiger partial charge in [-0.25, -0.2) is 0 Å². The normalized spacial score (nSPS) is 32.4. The number of ketones is 1. The van der Waals surface area contributed by atoms with Gasteiger partial charge in [-0.15, -0.1) is 11.3 Å². The molecule has 0 aliphatic heterocycles. The maximum Gasteiger partial charge on any atom is 0.161 e. The van der Waals surface area contributed by atoms with Gasteiger partial charge in [0.2, 0.25) is 0 Å². The Morgan fingerprint density at radius 2 is 1.62 bits per heavy atom. The van der Waals surface area contributed by atoms with Crippen LogP contribution in [0.2, 0.25) is 0 Å². The second-order valence-corrected chi connectivity index (χ2v) is 10.1. The van der Waals surface area contributed by atoms with E-state index in [1.165, 1.54) is 34.6 Å². The van der Waals surface area contributed by atoms with E-state index >= 15 is 0 Å². The molecule has 0 saturated heterocycles. The summed E-state index contributed by atoms with van der Waals surface area (Å²) in [4.78, 5) is 15.6. The van der Waals surface area contributed by atoms with E-state index in [9.17, 15) is 4.79 Å². The molecule has 2 aromatic rings. The van der Waals surface area contributed by atoms with Gasteiger partial charge in [0.1, 0.15) is 0 Å². The average Bonchev–Trinajstić information content (AvgIpc) is 3.07. The number of benzene rings is 1. The van der Waals surface area contributed by atoms with E-state index in [0.29, 0.717) is 5.78 Å². The first kappa shape index (κ1) is 16.5. The standard InChI is InChI=1S/C24H26OS/c25-23(24-14-18-10-19(15-24)12-20(11-18)16-24)9-8-21-6-7-22(26-21)13-17-4-2-1-3-5-17/h1-9,18-20H,10-16H2/b9-8+. The van der Waals surface area contributed by atoms with Gasteiger partial charge in [0.15, 0.2) is 5.78 Å². The molecule has 0 atom stereocenters. The molecule has 4 saturated carbocycles. The maximum absolute atomic E-state index is 13.1. The largest absolute Gasteiger partial charge is 0.294 e. The van der Waals surface area contributed by atoms with Crippen LogP contribution in [0.4, 0.5) is 0 Å². The van der Waals surface area contributed by atoms with Gasteiger partial charge in [-0.3, -0.25) is 4.79 Å². The lowest BCUT2D eigenvalue weighted by molar-refractivity contribution is -0.138. The fourth-order valence-corrected chi connectivity index (χ4v) is 7.07. The van der Waals surface area contributed by atoms with E-state index in [1.807, 2.05) is 17.4 Å². The van der Waals surface area contributed by atoms with Gasteiger partial charge < -0.3 is 0 Å². The average molecular weight is 363 g/mol. The molecule has 1 heterocycles. The van der Waals surface area contributed by atoms with Crippen molar-refractivity contribution in [2.75, 3.05) is 0 Å². The van der Waals surface area contributed by atoms with Crippen LogP contribution in [0.5, 0.6) is 0 Å². The zero-order valence-corrected chi connectivity index (χ0v) is 16.0. The quantitative estimate of drug-likeness (QED) is 0.584. The topological polar surface area (TPSA) is 17.1 Å². The van der Waals surface area contributed by atoms with Crippen LogP contribution < -0.4 is 0 Å². The summed E-state index contributed by atoms with van der Waals surface area (Å²) in [5.41, 5.74) is 1.34. The smallest absolute Gasteiger partial charge is 0.161 e. The molecule has 6 rings (SSSR count). The van der Waals surface area contributed by atoms with E-state index in [1.54, 1.807) is 0 Å². The number of carbonyl (C=O) groups is 1. The molecule has 4 fully saturated rings. The Hall–Kier alpha value is -1.67. The molecule has 134 valence electrons. The zero-order chi connectivity index (χ0) is 17.6. The summed E-state index contributed by atoms with van der Waals surface area (Å²) in [6.07, 6.45) is 12.6. The number of hydrogen-bond acceptors (Lipinski definition) is 2. The SMILES string of the molecule is O=C(/C=C/c1ccc(Cc2ccccc2)s1)C12CC3CC(CC(C3)C1)C2. The molecule has 26 heavy (non-hydrogen) atoms. The minimum Gasteiger partial charge on any atom is -0.294 e. The van der Waals surface area contributed by atoms with Crippen molar-refractivity contribution >= 4 is 23.2 Å². The first-order valence-electron chi connectivity index (χ1n) is 10.0. The van der Waals surface area contributed by atoms with Crippen LogP contribution in [-0.2, 0) is 11.2 Å². The van der Waals surface area contributed by atoms with Crippen LogP contribution in [0, 0.1) is 23.2 Å². The van der Waals surface area contributed by atoms with Crippen molar-refractivity contribution in [3.05, 3.63) is 63.9 Å². The Kier molecular flexibility index (Phi) is 4.12. The third-order valence-electron chi connectivity index (χ3n) is 6.86. The molecule has 1 nitrogen and oxygen atoms in total. The van der Waals surface area contributed by atoms with Gasteiger partial charge in [0, 0.05) is 21.6 Å². The summed E-state index contributed by atoms with van der Waals surface area (Å²) in [5.74, 6) is 2.91. The highest BCUT2D eigenvalue weighted by molar-refractivity contribution is 7.12. The van der Waals surface area contributed by atoms with Crippen LogP contribution in [0.3, 0.4) is 0 Å². The van der Waals surface area contributed by atoms with Crippen molar-refractivity contribution in [3.63, 3.8) is 0 Å². The maximum atomic E-state index is 13.1. The molecule has 4 bridgehead atoms. The predicted molar refractivity (Wildman–Crippen MR) is 108 cm³/mol. The number of rotatable bonds is 5. The van der Waals surface area contributed by atoms with Crippen molar-refractivity contribution in [2.45, 2.75) is 44.9 Å². The molecule has 1 aromatic carbocycles. The lowest BCUT2D eigenvalue weighted by Gasteiger charge is -2.55. The highest BCUT2D eigenvalue weighted by Gasteiger charge is 2.53. The fraction of sp³-hybridized carbons (Fsp3) is 0.458. The van der Waals surface area contributed by atoms with Crippen LogP contribution in [0.15, 0.2) is 48.5 Å². The van der Waals surface area contributed by atoms with Crippen LogP contribution >= 0.6 is 11.3 Å². The van der Waals surface area contributed by atoms with Crippen LogP contribution in [-0.4, -0.2) is 5.78 Å². The van der Waals surface area contributed by atoms with E-state index in [0.717, 1.165) is 43.4 Å². The van der Waals surface area contributed by atoms with Crippen LogP contribution in [0.1, 0.15) is 53.8 Å². The monoisotopic (exact) mass is 362 g/mol. The van der Waals surface area contributed by atoms with Crippen LogP contribution in [0.25, 0.3) is 6.08 Å². The number of hydrogen-bond donors (Lipinski definition) is 0. The van der Waals surface area contributed by atoms with E-state index in [-0.39, 0.29) is 5.41 Å². The highest BCUT2D eigenvalue weighted by Crippen LogP contribution is 2.60. The van der Waals surface area contributed by atoms with E-state index in [2.05, 4.69) is 48.5 Å². The van der Waals surface area contributed by atoms with Gasteiger partial charge in [0.05, 0.1) is 0 Å². The van der Waals surface area contributed by atoms with Gasteiger partial charge >= 0.3 is 0 Å². The number of carbonyl (C=O) groups excluding carboxylic acids is 1. The zero-order valence-electron chi connectivity index (χ0n) is 15.2. The number of thiophene rings is 1. The molecule has 0 spiro atoms. The fourth-order valence-electron chi connectivity index (χ4n) is 6.12.